The van der Waals surface area contributed by atoms with Gasteiger partial charge < -0.3 is 4.74 Å². The highest BCUT2D eigenvalue weighted by atomic mass is 16.5. The molecule has 0 N–H and O–H groups in total. The van der Waals surface area contributed by atoms with Crippen LogP contribution in [0.2, 0.25) is 0 Å². The molecule has 1 heterocycles. The van der Waals surface area contributed by atoms with Gasteiger partial charge in [0, 0.05) is 6.61 Å². The minimum Gasteiger partial charge on any atom is -0.378 e. The normalized spacial score (nSPS) is 33.0. The lowest BCUT2D eigenvalue weighted by atomic mass is 9.96. The number of rotatable bonds is 3. The fourth-order valence-corrected chi connectivity index (χ4v) is 1.62. The molecule has 0 unspecified atom stereocenters. The Balaban J connectivity index is 2.14. The molecule has 1 aliphatic rings. The third-order valence-corrected chi connectivity index (χ3v) is 2.46. The van der Waals surface area contributed by atoms with Gasteiger partial charge in [-0.05, 0) is 25.7 Å². The Bertz CT molecular complexity index is 90.7. The molecule has 1 nitrogen and oxygen atoms in total. The third-order valence-electron chi connectivity index (χ3n) is 2.46. The maximum absolute atomic E-state index is 5.46. The van der Waals surface area contributed by atoms with Gasteiger partial charge in [-0.3, -0.25) is 0 Å². The number of ether oxygens (including phenoxy) is 1. The lowest BCUT2D eigenvalue weighted by molar-refractivity contribution is 0.103. The van der Waals surface area contributed by atoms with E-state index >= 15 is 0 Å². The fourth-order valence-electron chi connectivity index (χ4n) is 1.62. The van der Waals surface area contributed by atoms with E-state index in [1.54, 1.807) is 0 Å². The Hall–Kier alpha value is -0.0400. The number of unbranched alkanes of at least 4 members (excludes halogenated alkanes) is 1. The molecule has 0 aromatic carbocycles. The van der Waals surface area contributed by atoms with Crippen molar-refractivity contribution in [2.45, 2.75) is 45.6 Å². The average molecular weight is 142 g/mol. The first-order valence-electron chi connectivity index (χ1n) is 4.46. The zero-order valence-electron chi connectivity index (χ0n) is 7.10. The predicted octanol–water partition coefficient (Wildman–Crippen LogP) is 2.60. The SMILES string of the molecule is CCCC[C@H]1CCO[C@@H]1C. The zero-order valence-corrected chi connectivity index (χ0v) is 7.10. The molecule has 0 aromatic heterocycles. The maximum atomic E-state index is 5.46. The van der Waals surface area contributed by atoms with Gasteiger partial charge in [0.25, 0.3) is 0 Å². The quantitative estimate of drug-likeness (QED) is 0.588. The zero-order chi connectivity index (χ0) is 7.40. The third kappa shape index (κ3) is 1.98. The van der Waals surface area contributed by atoms with E-state index in [0.717, 1.165) is 12.5 Å². The highest BCUT2D eigenvalue weighted by molar-refractivity contribution is 4.71. The van der Waals surface area contributed by atoms with Crippen molar-refractivity contribution in [1.29, 1.82) is 0 Å². The van der Waals surface area contributed by atoms with E-state index in [0.29, 0.717) is 6.10 Å². The molecule has 1 rings (SSSR count). The summed E-state index contributed by atoms with van der Waals surface area (Å²) in [6.07, 6.45) is 5.90. The van der Waals surface area contributed by atoms with Crippen LogP contribution in [0.15, 0.2) is 0 Å². The van der Waals surface area contributed by atoms with Gasteiger partial charge in [0.05, 0.1) is 6.10 Å². The Morgan fingerprint density at radius 2 is 2.30 bits per heavy atom. The lowest BCUT2D eigenvalue weighted by Gasteiger charge is -2.12. The van der Waals surface area contributed by atoms with E-state index in [-0.39, 0.29) is 0 Å². The molecular formula is C9H18O. The van der Waals surface area contributed by atoms with Gasteiger partial charge in [-0.1, -0.05) is 19.8 Å². The van der Waals surface area contributed by atoms with Gasteiger partial charge in [0.15, 0.2) is 0 Å². The molecule has 0 aliphatic carbocycles. The summed E-state index contributed by atoms with van der Waals surface area (Å²) in [4.78, 5) is 0. The minimum absolute atomic E-state index is 0.534. The first-order chi connectivity index (χ1) is 4.84. The Kier molecular flexibility index (Phi) is 3.20. The first-order valence-corrected chi connectivity index (χ1v) is 4.46. The molecule has 1 fully saturated rings. The molecule has 0 radical (unpaired) electrons. The van der Waals surface area contributed by atoms with Crippen LogP contribution in [0.1, 0.15) is 39.5 Å². The van der Waals surface area contributed by atoms with Gasteiger partial charge in [-0.25, -0.2) is 0 Å². The molecule has 1 saturated heterocycles. The van der Waals surface area contributed by atoms with Gasteiger partial charge in [-0.15, -0.1) is 0 Å². The largest absolute Gasteiger partial charge is 0.378 e. The van der Waals surface area contributed by atoms with Crippen LogP contribution in [0.3, 0.4) is 0 Å². The topological polar surface area (TPSA) is 9.23 Å². The highest BCUT2D eigenvalue weighted by Crippen LogP contribution is 2.25. The molecule has 10 heavy (non-hydrogen) atoms. The van der Waals surface area contributed by atoms with E-state index in [1.807, 2.05) is 0 Å². The second kappa shape index (κ2) is 3.97. The van der Waals surface area contributed by atoms with Crippen molar-refractivity contribution in [3.63, 3.8) is 0 Å². The Labute approximate surface area is 63.8 Å². The Morgan fingerprint density at radius 1 is 1.50 bits per heavy atom. The van der Waals surface area contributed by atoms with Gasteiger partial charge >= 0.3 is 0 Å². The van der Waals surface area contributed by atoms with Crippen molar-refractivity contribution in [2.75, 3.05) is 6.61 Å². The molecule has 0 bridgehead atoms. The lowest BCUT2D eigenvalue weighted by Crippen LogP contribution is -2.10. The molecule has 0 spiro atoms. The van der Waals surface area contributed by atoms with Crippen molar-refractivity contribution in [3.8, 4) is 0 Å². The molecule has 2 atom stereocenters. The summed E-state index contributed by atoms with van der Waals surface area (Å²) in [6, 6.07) is 0. The monoisotopic (exact) mass is 142 g/mol. The summed E-state index contributed by atoms with van der Waals surface area (Å²) in [5, 5.41) is 0. The second-order valence-corrected chi connectivity index (χ2v) is 3.27. The van der Waals surface area contributed by atoms with Crippen LogP contribution in [0.4, 0.5) is 0 Å². The summed E-state index contributed by atoms with van der Waals surface area (Å²) in [5.74, 6) is 0.861. The van der Waals surface area contributed by atoms with E-state index in [4.69, 9.17) is 4.74 Å². The van der Waals surface area contributed by atoms with Gasteiger partial charge in [0.2, 0.25) is 0 Å². The molecule has 1 aliphatic heterocycles. The van der Waals surface area contributed by atoms with Crippen molar-refractivity contribution in [2.24, 2.45) is 5.92 Å². The summed E-state index contributed by atoms with van der Waals surface area (Å²) in [6.45, 7) is 5.45. The molecular weight excluding hydrogens is 124 g/mol. The van der Waals surface area contributed by atoms with Crippen LogP contribution in [0.25, 0.3) is 0 Å². The minimum atomic E-state index is 0.534. The fraction of sp³-hybridized carbons (Fsp3) is 1.00. The van der Waals surface area contributed by atoms with Crippen LogP contribution in [0.5, 0.6) is 0 Å². The van der Waals surface area contributed by atoms with Gasteiger partial charge in [0.1, 0.15) is 0 Å². The second-order valence-electron chi connectivity index (χ2n) is 3.27. The predicted molar refractivity (Wildman–Crippen MR) is 43.0 cm³/mol. The molecule has 1 heteroatoms. The highest BCUT2D eigenvalue weighted by Gasteiger charge is 2.22. The van der Waals surface area contributed by atoms with Crippen molar-refractivity contribution in [1.82, 2.24) is 0 Å². The molecule has 0 amide bonds. The van der Waals surface area contributed by atoms with Crippen molar-refractivity contribution < 1.29 is 4.74 Å². The number of hydrogen-bond donors (Lipinski definition) is 0. The van der Waals surface area contributed by atoms with Crippen LogP contribution in [-0.2, 0) is 4.74 Å². The first kappa shape index (κ1) is 8.06. The number of hydrogen-bond acceptors (Lipinski definition) is 1. The summed E-state index contributed by atoms with van der Waals surface area (Å²) in [7, 11) is 0. The van der Waals surface area contributed by atoms with Crippen molar-refractivity contribution >= 4 is 0 Å². The van der Waals surface area contributed by atoms with E-state index < -0.39 is 0 Å². The van der Waals surface area contributed by atoms with Crippen LogP contribution < -0.4 is 0 Å². The standard InChI is InChI=1S/C9H18O/c1-3-4-5-9-6-7-10-8(9)2/h8-9H,3-7H2,1-2H3/t8-,9+/m1/s1. The van der Waals surface area contributed by atoms with E-state index in [9.17, 15) is 0 Å². The Morgan fingerprint density at radius 3 is 2.80 bits per heavy atom. The van der Waals surface area contributed by atoms with E-state index in [1.165, 1.54) is 25.7 Å². The summed E-state index contributed by atoms with van der Waals surface area (Å²) >= 11 is 0. The van der Waals surface area contributed by atoms with Crippen molar-refractivity contribution in [3.05, 3.63) is 0 Å². The van der Waals surface area contributed by atoms with Crippen LogP contribution in [0, 0.1) is 5.92 Å². The molecule has 60 valence electrons. The molecule has 0 aromatic rings. The maximum Gasteiger partial charge on any atom is 0.0575 e. The smallest absolute Gasteiger partial charge is 0.0575 e. The summed E-state index contributed by atoms with van der Waals surface area (Å²) in [5.41, 5.74) is 0. The average Bonchev–Trinajstić information content (AvgIpc) is 2.31. The van der Waals surface area contributed by atoms with Gasteiger partial charge in [-0.2, -0.15) is 0 Å². The summed E-state index contributed by atoms with van der Waals surface area (Å²) < 4.78 is 5.46. The van der Waals surface area contributed by atoms with Crippen LogP contribution in [-0.4, -0.2) is 12.7 Å². The molecule has 0 saturated carbocycles. The van der Waals surface area contributed by atoms with Crippen LogP contribution >= 0.6 is 0 Å². The van der Waals surface area contributed by atoms with E-state index in [2.05, 4.69) is 13.8 Å².